The van der Waals surface area contributed by atoms with E-state index < -0.39 is 18.6 Å². The molecule has 0 bridgehead atoms. The van der Waals surface area contributed by atoms with Crippen molar-refractivity contribution in [2.24, 2.45) is 0 Å². The van der Waals surface area contributed by atoms with Gasteiger partial charge in [-0.2, -0.15) is 8.78 Å². The average molecular weight is 274 g/mol. The number of methoxy groups -OCH3 is 1. The Labute approximate surface area is 107 Å². The third-order valence-electron chi connectivity index (χ3n) is 2.32. The van der Waals surface area contributed by atoms with E-state index in [-0.39, 0.29) is 29.7 Å². The number of halogens is 2. The SMILES string of the molecule is COC(=O)c1ccc(OC(F)F)cc1CCC(=O)O. The Balaban J connectivity index is 3.03. The van der Waals surface area contributed by atoms with Crippen LogP contribution in [0.5, 0.6) is 5.75 Å². The van der Waals surface area contributed by atoms with Crippen LogP contribution in [-0.2, 0) is 16.0 Å². The van der Waals surface area contributed by atoms with Gasteiger partial charge in [0, 0.05) is 6.42 Å². The highest BCUT2D eigenvalue weighted by molar-refractivity contribution is 5.91. The molecule has 19 heavy (non-hydrogen) atoms. The van der Waals surface area contributed by atoms with E-state index >= 15 is 0 Å². The highest BCUT2D eigenvalue weighted by atomic mass is 19.3. The van der Waals surface area contributed by atoms with Crippen molar-refractivity contribution in [3.05, 3.63) is 29.3 Å². The van der Waals surface area contributed by atoms with Crippen LogP contribution in [0.15, 0.2) is 18.2 Å². The predicted molar refractivity (Wildman–Crippen MR) is 60.4 cm³/mol. The molecule has 1 rings (SSSR count). The fourth-order valence-corrected chi connectivity index (χ4v) is 1.50. The summed E-state index contributed by atoms with van der Waals surface area (Å²) in [6, 6.07) is 3.67. The van der Waals surface area contributed by atoms with Crippen molar-refractivity contribution in [2.75, 3.05) is 7.11 Å². The highest BCUT2D eigenvalue weighted by Gasteiger charge is 2.15. The number of carboxylic acids is 1. The monoisotopic (exact) mass is 274 g/mol. The summed E-state index contributed by atoms with van der Waals surface area (Å²) in [5, 5.41) is 8.61. The number of benzene rings is 1. The summed E-state index contributed by atoms with van der Waals surface area (Å²) in [6.07, 6.45) is -0.220. The van der Waals surface area contributed by atoms with Crippen molar-refractivity contribution >= 4 is 11.9 Å². The fourth-order valence-electron chi connectivity index (χ4n) is 1.50. The fraction of sp³-hybridized carbons (Fsp3) is 0.333. The first-order valence-electron chi connectivity index (χ1n) is 5.32. The topological polar surface area (TPSA) is 72.8 Å². The third-order valence-corrected chi connectivity index (χ3v) is 2.32. The van der Waals surface area contributed by atoms with Gasteiger partial charge in [-0.1, -0.05) is 0 Å². The molecule has 1 N–H and O–H groups in total. The van der Waals surface area contributed by atoms with Crippen molar-refractivity contribution in [1.82, 2.24) is 0 Å². The van der Waals surface area contributed by atoms with Crippen molar-refractivity contribution in [2.45, 2.75) is 19.5 Å². The molecule has 0 atom stereocenters. The Morgan fingerprint density at radius 2 is 2.05 bits per heavy atom. The molecule has 5 nitrogen and oxygen atoms in total. The molecular formula is C12H12F2O5. The lowest BCUT2D eigenvalue weighted by atomic mass is 10.0. The second-order valence-corrected chi connectivity index (χ2v) is 3.58. The molecule has 104 valence electrons. The largest absolute Gasteiger partial charge is 0.481 e. The van der Waals surface area contributed by atoms with Crippen LogP contribution in [0.25, 0.3) is 0 Å². The molecule has 0 fully saturated rings. The predicted octanol–water partition coefficient (Wildman–Crippen LogP) is 2.09. The molecule has 0 aliphatic carbocycles. The number of alkyl halides is 2. The van der Waals surface area contributed by atoms with Crippen LogP contribution < -0.4 is 4.74 Å². The highest BCUT2D eigenvalue weighted by Crippen LogP contribution is 2.21. The molecule has 7 heteroatoms. The summed E-state index contributed by atoms with van der Waals surface area (Å²) in [6.45, 7) is -2.99. The number of aliphatic carboxylic acids is 1. The summed E-state index contributed by atoms with van der Waals surface area (Å²) in [7, 11) is 1.17. The number of rotatable bonds is 6. The second-order valence-electron chi connectivity index (χ2n) is 3.58. The minimum atomic E-state index is -2.99. The quantitative estimate of drug-likeness (QED) is 0.804. The van der Waals surface area contributed by atoms with Crippen LogP contribution in [0.4, 0.5) is 8.78 Å². The van der Waals surface area contributed by atoms with Gasteiger partial charge in [-0.3, -0.25) is 4.79 Å². The zero-order valence-electron chi connectivity index (χ0n) is 10.1. The molecule has 0 heterocycles. The van der Waals surface area contributed by atoms with E-state index in [1.165, 1.54) is 25.3 Å². The smallest absolute Gasteiger partial charge is 0.387 e. The number of carbonyl (C=O) groups is 2. The van der Waals surface area contributed by atoms with Gasteiger partial charge in [0.05, 0.1) is 12.7 Å². The first-order valence-corrected chi connectivity index (χ1v) is 5.32. The second kappa shape index (κ2) is 6.67. The van der Waals surface area contributed by atoms with E-state index in [1.54, 1.807) is 0 Å². The zero-order chi connectivity index (χ0) is 14.4. The van der Waals surface area contributed by atoms with Gasteiger partial charge >= 0.3 is 18.6 Å². The van der Waals surface area contributed by atoms with Gasteiger partial charge in [0.1, 0.15) is 5.75 Å². The van der Waals surface area contributed by atoms with Crippen molar-refractivity contribution in [3.8, 4) is 5.75 Å². The first-order chi connectivity index (χ1) is 8.93. The number of hydrogen-bond acceptors (Lipinski definition) is 4. The number of carboxylic acid groups (broad SMARTS) is 1. The number of carbonyl (C=O) groups excluding carboxylic acids is 1. The van der Waals surface area contributed by atoms with Crippen LogP contribution in [-0.4, -0.2) is 30.8 Å². The van der Waals surface area contributed by atoms with E-state index in [0.717, 1.165) is 0 Å². The normalized spacial score (nSPS) is 10.3. The Morgan fingerprint density at radius 3 is 2.58 bits per heavy atom. The molecule has 0 spiro atoms. The Bertz CT molecular complexity index is 473. The standard InChI is InChI=1S/C12H12F2O5/c1-18-11(17)9-4-3-8(19-12(13)14)6-7(9)2-5-10(15)16/h3-4,6,12H,2,5H2,1H3,(H,15,16). The summed E-state index contributed by atoms with van der Waals surface area (Å²) >= 11 is 0. The zero-order valence-corrected chi connectivity index (χ0v) is 10.1. The van der Waals surface area contributed by atoms with Crippen LogP contribution in [0, 0.1) is 0 Å². The lowest BCUT2D eigenvalue weighted by Crippen LogP contribution is -2.09. The van der Waals surface area contributed by atoms with E-state index in [1.807, 2.05) is 0 Å². The number of esters is 1. The Kier molecular flexibility index (Phi) is 5.23. The van der Waals surface area contributed by atoms with Crippen LogP contribution >= 0.6 is 0 Å². The molecule has 1 aromatic carbocycles. The van der Waals surface area contributed by atoms with E-state index in [2.05, 4.69) is 9.47 Å². The lowest BCUT2D eigenvalue weighted by molar-refractivity contribution is -0.136. The number of ether oxygens (including phenoxy) is 2. The molecule has 0 amide bonds. The number of hydrogen-bond donors (Lipinski definition) is 1. The van der Waals surface area contributed by atoms with Crippen molar-refractivity contribution in [3.63, 3.8) is 0 Å². The summed E-state index contributed by atoms with van der Waals surface area (Å²) < 4.78 is 32.9. The van der Waals surface area contributed by atoms with Gasteiger partial charge in [0.25, 0.3) is 0 Å². The van der Waals surface area contributed by atoms with Gasteiger partial charge in [-0.15, -0.1) is 0 Å². The Hall–Kier alpha value is -2.18. The van der Waals surface area contributed by atoms with Crippen LogP contribution in [0.2, 0.25) is 0 Å². The van der Waals surface area contributed by atoms with E-state index in [0.29, 0.717) is 0 Å². The van der Waals surface area contributed by atoms with E-state index in [9.17, 15) is 18.4 Å². The molecule has 0 saturated heterocycles. The third kappa shape index (κ3) is 4.53. The van der Waals surface area contributed by atoms with Crippen LogP contribution in [0.3, 0.4) is 0 Å². The van der Waals surface area contributed by atoms with Gasteiger partial charge in [0.15, 0.2) is 0 Å². The Morgan fingerprint density at radius 1 is 1.37 bits per heavy atom. The molecule has 0 saturated carbocycles. The van der Waals surface area contributed by atoms with Crippen molar-refractivity contribution in [1.29, 1.82) is 0 Å². The molecule has 0 unspecified atom stereocenters. The van der Waals surface area contributed by atoms with Gasteiger partial charge in [-0.25, -0.2) is 4.79 Å². The maximum atomic E-state index is 12.1. The van der Waals surface area contributed by atoms with Gasteiger partial charge in [0.2, 0.25) is 0 Å². The molecular weight excluding hydrogens is 262 g/mol. The van der Waals surface area contributed by atoms with E-state index in [4.69, 9.17) is 5.11 Å². The average Bonchev–Trinajstić information content (AvgIpc) is 2.35. The van der Waals surface area contributed by atoms with Gasteiger partial charge in [-0.05, 0) is 30.2 Å². The molecule has 1 aromatic rings. The summed E-state index contributed by atoms with van der Waals surface area (Å²) in [4.78, 5) is 22.0. The van der Waals surface area contributed by atoms with Crippen molar-refractivity contribution < 1.29 is 33.0 Å². The summed E-state index contributed by atoms with van der Waals surface area (Å²) in [5.74, 6) is -1.86. The molecule has 0 radical (unpaired) electrons. The minimum absolute atomic E-state index is 0.0141. The first kappa shape index (κ1) is 14.9. The van der Waals surface area contributed by atoms with Gasteiger partial charge < -0.3 is 14.6 Å². The molecule has 0 aliphatic rings. The molecule has 0 aliphatic heterocycles. The minimum Gasteiger partial charge on any atom is -0.481 e. The maximum Gasteiger partial charge on any atom is 0.387 e. The maximum absolute atomic E-state index is 12.1. The van der Waals surface area contributed by atoms with Crippen LogP contribution in [0.1, 0.15) is 22.3 Å². The lowest BCUT2D eigenvalue weighted by Gasteiger charge is -2.10. The number of aryl methyl sites for hydroxylation is 1. The summed E-state index contributed by atoms with van der Waals surface area (Å²) in [5.41, 5.74) is 0.415. The molecule has 0 aromatic heterocycles.